The van der Waals surface area contributed by atoms with Crippen LogP contribution in [0.4, 0.5) is 5.69 Å². The molecule has 0 radical (unpaired) electrons. The maximum absolute atomic E-state index is 5.99. The van der Waals surface area contributed by atoms with Crippen molar-refractivity contribution in [2.45, 2.75) is 46.5 Å². The van der Waals surface area contributed by atoms with Crippen molar-refractivity contribution < 1.29 is 0 Å². The molecule has 0 spiro atoms. The predicted octanol–water partition coefficient (Wildman–Crippen LogP) is 16.1. The van der Waals surface area contributed by atoms with Crippen molar-refractivity contribution in [1.82, 2.24) is 0 Å². The third-order valence-electron chi connectivity index (χ3n) is 10.7. The molecule has 0 aliphatic rings. The fourth-order valence-electron chi connectivity index (χ4n) is 7.51. The minimum Gasteiger partial charge on any atom is -0.399 e. The summed E-state index contributed by atoms with van der Waals surface area (Å²) in [6.45, 7) is 23.2. The van der Waals surface area contributed by atoms with E-state index in [1.165, 1.54) is 49.4 Å². The maximum Gasteiger partial charge on any atom is 0.0363 e. The van der Waals surface area contributed by atoms with Crippen LogP contribution < -0.4 is 5.73 Å². The van der Waals surface area contributed by atoms with Crippen molar-refractivity contribution in [3.8, 4) is 11.1 Å². The highest BCUT2D eigenvalue weighted by molar-refractivity contribution is 6.10. The van der Waals surface area contributed by atoms with Gasteiger partial charge in [0.2, 0.25) is 0 Å². The van der Waals surface area contributed by atoms with E-state index in [2.05, 4.69) is 204 Å². The van der Waals surface area contributed by atoms with Gasteiger partial charge in [-0.1, -0.05) is 190 Å². The molecule has 0 saturated carbocycles. The van der Waals surface area contributed by atoms with Crippen molar-refractivity contribution in [3.63, 3.8) is 0 Å². The Bertz CT molecular complexity index is 2580. The van der Waals surface area contributed by atoms with E-state index in [1.54, 1.807) is 6.08 Å². The minimum atomic E-state index is -0.475. The molecule has 6 aromatic rings. The molecule has 0 aliphatic carbocycles. The Hall–Kier alpha value is -6.70. The number of rotatable bonds is 13. The van der Waals surface area contributed by atoms with Crippen LogP contribution in [0.2, 0.25) is 0 Å². The first-order chi connectivity index (χ1) is 28.2. The maximum atomic E-state index is 5.99. The summed E-state index contributed by atoms with van der Waals surface area (Å²) in [5, 5.41) is 5.17. The van der Waals surface area contributed by atoms with E-state index in [9.17, 15) is 0 Å². The smallest absolute Gasteiger partial charge is 0.0363 e. The summed E-state index contributed by atoms with van der Waals surface area (Å²) in [7, 11) is 0. The van der Waals surface area contributed by atoms with Crippen molar-refractivity contribution in [2.75, 3.05) is 5.73 Å². The van der Waals surface area contributed by atoms with Crippen molar-refractivity contribution in [1.29, 1.82) is 0 Å². The van der Waals surface area contributed by atoms with Crippen molar-refractivity contribution >= 4 is 44.5 Å². The lowest BCUT2D eigenvalue weighted by Gasteiger charge is -2.33. The number of allylic oxidation sites excluding steroid dienone is 14. The summed E-state index contributed by atoms with van der Waals surface area (Å²) >= 11 is 0. The first kappa shape index (κ1) is 42.4. The quantitative estimate of drug-likeness (QED) is 0.0540. The highest BCUT2D eigenvalue weighted by atomic mass is 14.5. The van der Waals surface area contributed by atoms with Crippen LogP contribution in [0.5, 0.6) is 0 Å². The Morgan fingerprint density at radius 2 is 1.33 bits per heavy atom. The van der Waals surface area contributed by atoms with Gasteiger partial charge in [0.15, 0.2) is 0 Å². The zero-order valence-electron chi connectivity index (χ0n) is 34.9. The van der Waals surface area contributed by atoms with Gasteiger partial charge in [-0.25, -0.2) is 0 Å². The first-order valence-corrected chi connectivity index (χ1v) is 20.1. The lowest BCUT2D eigenvalue weighted by Crippen LogP contribution is -2.24. The molecule has 0 aromatic heterocycles. The van der Waals surface area contributed by atoms with E-state index in [0.29, 0.717) is 0 Å². The van der Waals surface area contributed by atoms with Gasteiger partial charge in [0.1, 0.15) is 0 Å². The van der Waals surface area contributed by atoms with E-state index in [4.69, 9.17) is 5.73 Å². The van der Waals surface area contributed by atoms with Crippen LogP contribution in [0.1, 0.15) is 68.9 Å². The van der Waals surface area contributed by atoms with Gasteiger partial charge in [0, 0.05) is 11.1 Å². The molecule has 0 saturated heterocycles. The molecular formula is C57H57N. The van der Waals surface area contributed by atoms with Crippen LogP contribution in [0.3, 0.4) is 0 Å². The molecule has 6 aromatic carbocycles. The van der Waals surface area contributed by atoms with Crippen LogP contribution in [0, 0.1) is 0 Å². The summed E-state index contributed by atoms with van der Waals surface area (Å²) in [5.74, 6) is 0. The normalized spacial score (nSPS) is 13.3. The monoisotopic (exact) mass is 755 g/mol. The topological polar surface area (TPSA) is 26.0 Å². The summed E-state index contributed by atoms with van der Waals surface area (Å²) in [5.41, 5.74) is 18.0. The number of nitrogen functional groups attached to an aromatic ring is 1. The summed E-state index contributed by atoms with van der Waals surface area (Å²) in [6, 6.07) is 42.8. The van der Waals surface area contributed by atoms with Gasteiger partial charge in [-0.05, 0) is 136 Å². The number of anilines is 1. The Morgan fingerprint density at radius 3 is 2.00 bits per heavy atom. The molecule has 6 rings (SSSR count). The Morgan fingerprint density at radius 1 is 0.655 bits per heavy atom. The molecule has 0 fully saturated rings. The molecule has 1 atom stereocenters. The summed E-state index contributed by atoms with van der Waals surface area (Å²) in [4.78, 5) is 0. The van der Waals surface area contributed by atoms with Crippen molar-refractivity contribution in [2.24, 2.45) is 0 Å². The van der Waals surface area contributed by atoms with Gasteiger partial charge < -0.3 is 5.73 Å². The van der Waals surface area contributed by atoms with E-state index in [-0.39, 0.29) is 0 Å². The molecule has 0 heterocycles. The standard InChI is InChI=1S/C37H41N.C20H16/c1-8-13-17-29(11-4)34-25-22-31(30-20-23-32(38)24-21-30)26-36(34)37(7,12-5)35-19-15-14-18-33(35)27(6)28(10-3)16-9-2;1-2-3-4-5-10-16-15-17-11-6-7-12-18(17)20-14-9-8-13-19(16)20/h8-10,12-26H,5-6,11,38H2,1-4,7H3;2-15H,1H2/b13-8-,16-9-,28-10-,29-17+;4-3-,10-5-. The van der Waals surface area contributed by atoms with E-state index < -0.39 is 5.41 Å². The third kappa shape index (κ3) is 9.63. The fourth-order valence-corrected chi connectivity index (χ4v) is 7.51. The van der Waals surface area contributed by atoms with Gasteiger partial charge in [0.25, 0.3) is 0 Å². The van der Waals surface area contributed by atoms with Gasteiger partial charge in [-0.3, -0.25) is 0 Å². The number of hydrogen-bond donors (Lipinski definition) is 1. The molecule has 1 nitrogen and oxygen atoms in total. The van der Waals surface area contributed by atoms with Gasteiger partial charge in [-0.15, -0.1) is 6.58 Å². The Kier molecular flexibility index (Phi) is 15.0. The average molecular weight is 756 g/mol. The van der Waals surface area contributed by atoms with E-state index in [1.807, 2.05) is 38.1 Å². The Balaban J connectivity index is 0.000000266. The molecule has 0 amide bonds. The molecule has 58 heavy (non-hydrogen) atoms. The largest absolute Gasteiger partial charge is 0.399 e. The second-order valence-corrected chi connectivity index (χ2v) is 14.3. The number of nitrogens with two attached hydrogens (primary N) is 1. The zero-order chi connectivity index (χ0) is 41.5. The first-order valence-electron chi connectivity index (χ1n) is 20.1. The van der Waals surface area contributed by atoms with Crippen LogP contribution >= 0.6 is 0 Å². The van der Waals surface area contributed by atoms with Crippen LogP contribution in [-0.2, 0) is 5.41 Å². The molecule has 2 N–H and O–H groups in total. The van der Waals surface area contributed by atoms with Gasteiger partial charge in [0.05, 0.1) is 0 Å². The third-order valence-corrected chi connectivity index (χ3v) is 10.7. The van der Waals surface area contributed by atoms with Crippen molar-refractivity contribution in [3.05, 3.63) is 241 Å². The highest BCUT2D eigenvalue weighted by Gasteiger charge is 2.32. The molecule has 290 valence electrons. The Labute approximate surface area is 347 Å². The highest BCUT2D eigenvalue weighted by Crippen LogP contribution is 2.43. The summed E-state index contributed by atoms with van der Waals surface area (Å²) < 4.78 is 0. The average Bonchev–Trinajstić information content (AvgIpc) is 3.27. The number of hydrogen-bond acceptors (Lipinski definition) is 1. The van der Waals surface area contributed by atoms with Crippen LogP contribution in [0.25, 0.3) is 49.9 Å². The molecular weight excluding hydrogens is 699 g/mol. The summed E-state index contributed by atoms with van der Waals surface area (Å²) in [6.07, 6.45) is 25.6. The number of benzene rings is 6. The van der Waals surface area contributed by atoms with Gasteiger partial charge >= 0.3 is 0 Å². The molecule has 1 heteroatoms. The van der Waals surface area contributed by atoms with E-state index in [0.717, 1.165) is 39.9 Å². The molecule has 0 aliphatic heterocycles. The molecule has 0 bridgehead atoms. The zero-order valence-corrected chi connectivity index (χ0v) is 34.9. The lowest BCUT2D eigenvalue weighted by atomic mass is 9.70. The second kappa shape index (κ2) is 20.5. The SMILES string of the molecule is C=C/C=C\C=C/c1cc2ccccc2c2ccccc12.C=CC(C)(c1ccccc1C(=C)C(/C=C\C)=C\C)c1cc(-c2ccc(N)cc2)ccc1/C(=C/C=C\C)CC. The van der Waals surface area contributed by atoms with Gasteiger partial charge in [-0.2, -0.15) is 0 Å². The number of fused-ring (bicyclic) bond motifs is 3. The lowest BCUT2D eigenvalue weighted by molar-refractivity contribution is 0.720. The minimum absolute atomic E-state index is 0.475. The fraction of sp³-hybridized carbons (Fsp3) is 0.123. The molecule has 1 unspecified atom stereocenters. The van der Waals surface area contributed by atoms with Crippen LogP contribution in [0.15, 0.2) is 213 Å². The van der Waals surface area contributed by atoms with E-state index >= 15 is 0 Å². The predicted molar refractivity (Wildman–Crippen MR) is 260 cm³/mol. The van der Waals surface area contributed by atoms with Crippen LogP contribution in [-0.4, -0.2) is 0 Å². The second-order valence-electron chi connectivity index (χ2n) is 14.3.